The van der Waals surface area contributed by atoms with E-state index in [0.29, 0.717) is 13.0 Å². The first-order valence-corrected chi connectivity index (χ1v) is 10.1. The molecule has 0 spiro atoms. The van der Waals surface area contributed by atoms with Gasteiger partial charge in [0.05, 0.1) is 18.1 Å². The lowest BCUT2D eigenvalue weighted by atomic mass is 9.72. The van der Waals surface area contributed by atoms with E-state index in [4.69, 9.17) is 4.74 Å². The molecule has 3 N–H and O–H groups in total. The van der Waals surface area contributed by atoms with Crippen molar-refractivity contribution in [2.75, 3.05) is 6.61 Å². The molecule has 0 saturated carbocycles. The second kappa shape index (κ2) is 9.84. The highest BCUT2D eigenvalue weighted by Gasteiger charge is 2.46. The smallest absolute Gasteiger partial charge is 0.405 e. The van der Waals surface area contributed by atoms with Crippen LogP contribution in [-0.4, -0.2) is 47.4 Å². The molecule has 0 aliphatic carbocycles. The quantitative estimate of drug-likeness (QED) is 0.440. The molecular weight excluding hydrogens is 388 g/mol. The summed E-state index contributed by atoms with van der Waals surface area (Å²) in [4.78, 5) is 50.0. The van der Waals surface area contributed by atoms with Crippen molar-refractivity contribution in [3.05, 3.63) is 35.9 Å². The minimum atomic E-state index is -1.79. The number of ether oxygens (including phenoxy) is 1. The van der Waals surface area contributed by atoms with Crippen LogP contribution in [0.1, 0.15) is 52.1 Å². The van der Waals surface area contributed by atoms with Gasteiger partial charge in [0.2, 0.25) is 5.78 Å². The number of hydrogen-bond acceptors (Lipinski definition) is 5. The van der Waals surface area contributed by atoms with E-state index in [9.17, 15) is 24.3 Å². The van der Waals surface area contributed by atoms with Gasteiger partial charge in [-0.05, 0) is 30.7 Å². The maximum absolute atomic E-state index is 13.3. The summed E-state index contributed by atoms with van der Waals surface area (Å²) >= 11 is 0. The number of Topliss-reactive ketones (excluding diaryl/α,β-unsaturated/α-hetero) is 2. The molecule has 0 radical (unpaired) electrons. The SMILES string of the molecule is C[C@@H](NC(=O)C(=O)[C@@H](NC(=O)O)C(=O)[C@H](C1CCCO1)C(C)(C)C)c1ccccc1. The van der Waals surface area contributed by atoms with Gasteiger partial charge in [-0.3, -0.25) is 14.4 Å². The molecule has 2 rings (SSSR count). The predicted molar refractivity (Wildman–Crippen MR) is 110 cm³/mol. The van der Waals surface area contributed by atoms with Crippen LogP contribution in [0.25, 0.3) is 0 Å². The van der Waals surface area contributed by atoms with E-state index < -0.39 is 53.1 Å². The van der Waals surface area contributed by atoms with E-state index in [0.717, 1.165) is 12.0 Å². The Bertz CT molecular complexity index is 781. The van der Waals surface area contributed by atoms with Crippen LogP contribution in [0.2, 0.25) is 0 Å². The van der Waals surface area contributed by atoms with Crippen molar-refractivity contribution in [1.29, 1.82) is 0 Å². The monoisotopic (exact) mass is 418 g/mol. The van der Waals surface area contributed by atoms with Crippen LogP contribution >= 0.6 is 0 Å². The normalized spacial score (nSPS) is 19.4. The first-order chi connectivity index (χ1) is 14.0. The van der Waals surface area contributed by atoms with Gasteiger partial charge in [-0.1, -0.05) is 51.1 Å². The minimum absolute atomic E-state index is 0.422. The van der Waals surface area contributed by atoms with E-state index in [1.165, 1.54) is 0 Å². The Morgan fingerprint density at radius 1 is 1.10 bits per heavy atom. The highest BCUT2D eigenvalue weighted by molar-refractivity contribution is 6.42. The molecule has 1 aromatic carbocycles. The number of carbonyl (C=O) groups is 4. The van der Waals surface area contributed by atoms with Gasteiger partial charge < -0.3 is 20.5 Å². The Kier molecular flexibility index (Phi) is 7.72. The summed E-state index contributed by atoms with van der Waals surface area (Å²) in [6.45, 7) is 7.70. The zero-order chi connectivity index (χ0) is 22.5. The number of rotatable bonds is 8. The zero-order valence-corrected chi connectivity index (χ0v) is 17.8. The summed E-state index contributed by atoms with van der Waals surface area (Å²) in [7, 11) is 0. The highest BCUT2D eigenvalue weighted by Crippen LogP contribution is 2.36. The summed E-state index contributed by atoms with van der Waals surface area (Å²) in [5, 5.41) is 13.7. The van der Waals surface area contributed by atoms with Crippen molar-refractivity contribution >= 4 is 23.6 Å². The van der Waals surface area contributed by atoms with Gasteiger partial charge in [-0.2, -0.15) is 0 Å². The van der Waals surface area contributed by atoms with E-state index in [1.807, 2.05) is 32.2 Å². The molecule has 2 amide bonds. The topological polar surface area (TPSA) is 122 Å². The van der Waals surface area contributed by atoms with Crippen LogP contribution in [-0.2, 0) is 19.1 Å². The molecule has 1 aliphatic heterocycles. The van der Waals surface area contributed by atoms with Crippen LogP contribution in [0.3, 0.4) is 0 Å². The molecule has 8 heteroatoms. The van der Waals surface area contributed by atoms with Crippen LogP contribution < -0.4 is 10.6 Å². The van der Waals surface area contributed by atoms with Gasteiger partial charge in [-0.25, -0.2) is 4.79 Å². The van der Waals surface area contributed by atoms with Gasteiger partial charge in [0, 0.05) is 6.61 Å². The van der Waals surface area contributed by atoms with Gasteiger partial charge in [0.25, 0.3) is 5.91 Å². The molecule has 1 unspecified atom stereocenters. The molecule has 30 heavy (non-hydrogen) atoms. The minimum Gasteiger partial charge on any atom is -0.465 e. The fraction of sp³-hybridized carbons (Fsp3) is 0.545. The lowest BCUT2D eigenvalue weighted by Gasteiger charge is -2.35. The van der Waals surface area contributed by atoms with Crippen LogP contribution in [0.15, 0.2) is 30.3 Å². The van der Waals surface area contributed by atoms with E-state index in [1.54, 1.807) is 31.2 Å². The maximum atomic E-state index is 13.3. The number of benzene rings is 1. The summed E-state index contributed by atoms with van der Waals surface area (Å²) in [6.07, 6.45) is -0.552. The molecule has 1 aromatic rings. The number of hydrogen-bond donors (Lipinski definition) is 3. The standard InChI is InChI=1S/C22H30N2O6/c1-13(14-9-6-5-7-10-14)23-20(27)19(26)17(24-21(28)29)18(25)16(22(2,3)4)15-11-8-12-30-15/h5-7,9-10,13,15-17,24H,8,11-12H2,1-4H3,(H,23,27)(H,28,29)/t13-,15?,16+,17+/m1/s1. The number of nitrogens with one attached hydrogen (secondary N) is 2. The van der Waals surface area contributed by atoms with Gasteiger partial charge >= 0.3 is 6.09 Å². The average Bonchev–Trinajstić information content (AvgIpc) is 3.18. The third kappa shape index (κ3) is 5.89. The molecule has 1 heterocycles. The van der Waals surface area contributed by atoms with Crippen LogP contribution in [0.4, 0.5) is 4.79 Å². The summed E-state index contributed by atoms with van der Waals surface area (Å²) < 4.78 is 5.67. The Labute approximate surface area is 176 Å². The third-order valence-electron chi connectivity index (χ3n) is 5.26. The second-order valence-electron chi connectivity index (χ2n) is 8.65. The van der Waals surface area contributed by atoms with Gasteiger partial charge in [0.1, 0.15) is 0 Å². The lowest BCUT2D eigenvalue weighted by Crippen LogP contribution is -2.56. The summed E-state index contributed by atoms with van der Waals surface area (Å²) in [5.41, 5.74) is 0.193. The second-order valence-corrected chi connectivity index (χ2v) is 8.65. The largest absolute Gasteiger partial charge is 0.465 e. The van der Waals surface area contributed by atoms with Gasteiger partial charge in [-0.15, -0.1) is 0 Å². The Morgan fingerprint density at radius 2 is 1.73 bits per heavy atom. The molecule has 8 nitrogen and oxygen atoms in total. The van der Waals surface area contributed by atoms with Crippen molar-refractivity contribution in [3.63, 3.8) is 0 Å². The fourth-order valence-corrected chi connectivity index (χ4v) is 3.83. The van der Waals surface area contributed by atoms with Gasteiger partial charge in [0.15, 0.2) is 11.8 Å². The van der Waals surface area contributed by atoms with E-state index >= 15 is 0 Å². The molecule has 4 atom stereocenters. The summed E-state index contributed by atoms with van der Waals surface area (Å²) in [6, 6.07) is 6.73. The van der Waals surface area contributed by atoms with Crippen molar-refractivity contribution in [1.82, 2.24) is 10.6 Å². The first-order valence-electron chi connectivity index (χ1n) is 10.1. The molecule has 164 valence electrons. The molecule has 1 saturated heterocycles. The fourth-order valence-electron chi connectivity index (χ4n) is 3.83. The number of amides is 2. The first kappa shape index (κ1) is 23.5. The van der Waals surface area contributed by atoms with E-state index in [-0.39, 0.29) is 0 Å². The molecule has 1 aliphatic rings. The van der Waals surface area contributed by atoms with Crippen LogP contribution in [0.5, 0.6) is 0 Å². The number of carbonyl (C=O) groups excluding carboxylic acids is 3. The average molecular weight is 418 g/mol. The van der Waals surface area contributed by atoms with Crippen molar-refractivity contribution < 1.29 is 29.0 Å². The molecule has 0 aromatic heterocycles. The molecule has 0 bridgehead atoms. The Hall–Kier alpha value is -2.74. The Morgan fingerprint density at radius 3 is 2.23 bits per heavy atom. The number of carboxylic acid groups (broad SMARTS) is 1. The van der Waals surface area contributed by atoms with Crippen LogP contribution in [0, 0.1) is 11.3 Å². The third-order valence-corrected chi connectivity index (χ3v) is 5.26. The Balaban J connectivity index is 2.23. The highest BCUT2D eigenvalue weighted by atomic mass is 16.5. The van der Waals surface area contributed by atoms with Crippen molar-refractivity contribution in [2.45, 2.75) is 58.7 Å². The van der Waals surface area contributed by atoms with Crippen molar-refractivity contribution in [3.8, 4) is 0 Å². The van der Waals surface area contributed by atoms with Crippen molar-refractivity contribution in [2.24, 2.45) is 11.3 Å². The molecular formula is C22H30N2O6. The zero-order valence-electron chi connectivity index (χ0n) is 17.8. The predicted octanol–water partition coefficient (Wildman–Crippen LogP) is 2.48. The lowest BCUT2D eigenvalue weighted by molar-refractivity contribution is -0.145. The summed E-state index contributed by atoms with van der Waals surface area (Å²) in [5.74, 6) is -3.53. The number of ketones is 2. The van der Waals surface area contributed by atoms with E-state index in [2.05, 4.69) is 5.32 Å². The molecule has 1 fully saturated rings. The maximum Gasteiger partial charge on any atom is 0.405 e.